The summed E-state index contributed by atoms with van der Waals surface area (Å²) in [6, 6.07) is 6.72. The van der Waals surface area contributed by atoms with Gasteiger partial charge in [-0.05, 0) is 24.1 Å². The standard InChI is InChI=1S/C11H17N2O3P/c12-5-6-15-9-3-1-8(2-4-9)7-10(13)11(14)16-17/h1-4,10H,5-7,12-13,17H2. The van der Waals surface area contributed by atoms with E-state index in [9.17, 15) is 4.79 Å². The summed E-state index contributed by atoms with van der Waals surface area (Å²) in [5.41, 5.74) is 11.9. The molecule has 0 aliphatic carbocycles. The lowest BCUT2D eigenvalue weighted by atomic mass is 10.1. The lowest BCUT2D eigenvalue weighted by molar-refractivity contribution is -0.134. The van der Waals surface area contributed by atoms with Crippen molar-refractivity contribution in [3.8, 4) is 5.75 Å². The number of carbonyl (C=O) groups is 1. The van der Waals surface area contributed by atoms with Gasteiger partial charge in [-0.3, -0.25) is 4.79 Å². The monoisotopic (exact) mass is 256 g/mol. The van der Waals surface area contributed by atoms with Crippen molar-refractivity contribution in [2.24, 2.45) is 11.5 Å². The van der Waals surface area contributed by atoms with E-state index in [4.69, 9.17) is 16.2 Å². The van der Waals surface area contributed by atoms with Crippen molar-refractivity contribution in [2.75, 3.05) is 13.2 Å². The molecule has 5 nitrogen and oxygen atoms in total. The highest BCUT2D eigenvalue weighted by Crippen LogP contribution is 2.13. The molecule has 0 saturated carbocycles. The van der Waals surface area contributed by atoms with E-state index in [1.54, 1.807) is 0 Å². The first-order valence-corrected chi connectivity index (χ1v) is 5.72. The van der Waals surface area contributed by atoms with E-state index in [0.29, 0.717) is 19.6 Å². The van der Waals surface area contributed by atoms with E-state index in [-0.39, 0.29) is 0 Å². The first-order valence-electron chi connectivity index (χ1n) is 5.25. The average Bonchev–Trinajstić information content (AvgIpc) is 2.37. The normalized spacial score (nSPS) is 11.9. The number of ether oxygens (including phenoxy) is 1. The van der Waals surface area contributed by atoms with Gasteiger partial charge >= 0.3 is 5.97 Å². The van der Waals surface area contributed by atoms with Gasteiger partial charge in [-0.2, -0.15) is 0 Å². The second kappa shape index (κ2) is 7.22. The van der Waals surface area contributed by atoms with E-state index < -0.39 is 12.0 Å². The van der Waals surface area contributed by atoms with Crippen LogP contribution in [0.2, 0.25) is 0 Å². The largest absolute Gasteiger partial charge is 0.492 e. The van der Waals surface area contributed by atoms with Gasteiger partial charge < -0.3 is 20.7 Å². The summed E-state index contributed by atoms with van der Waals surface area (Å²) >= 11 is 0. The van der Waals surface area contributed by atoms with Crippen molar-refractivity contribution in [2.45, 2.75) is 12.5 Å². The molecule has 0 amide bonds. The van der Waals surface area contributed by atoms with Crippen LogP contribution in [0.3, 0.4) is 0 Å². The number of hydrogen-bond acceptors (Lipinski definition) is 5. The average molecular weight is 256 g/mol. The maximum Gasteiger partial charge on any atom is 0.325 e. The van der Waals surface area contributed by atoms with E-state index in [2.05, 4.69) is 4.52 Å². The van der Waals surface area contributed by atoms with Gasteiger partial charge in [-0.1, -0.05) is 12.1 Å². The molecular formula is C11H17N2O3P. The van der Waals surface area contributed by atoms with Crippen molar-refractivity contribution in [3.63, 3.8) is 0 Å². The number of rotatable bonds is 6. The molecule has 0 bridgehead atoms. The Kier molecular flexibility index (Phi) is 5.91. The van der Waals surface area contributed by atoms with Crippen LogP contribution in [0.1, 0.15) is 5.56 Å². The third kappa shape index (κ3) is 4.69. The SMILES string of the molecule is NCCOc1ccc(CC(N)C(=O)OP)cc1. The summed E-state index contributed by atoms with van der Waals surface area (Å²) in [7, 11) is 1.90. The molecule has 94 valence electrons. The Hall–Kier alpha value is -1.16. The van der Waals surface area contributed by atoms with E-state index in [1.165, 1.54) is 0 Å². The molecule has 0 saturated heterocycles. The van der Waals surface area contributed by atoms with Crippen LogP contribution in [-0.2, 0) is 15.7 Å². The number of benzene rings is 1. The van der Waals surface area contributed by atoms with Gasteiger partial charge in [0.1, 0.15) is 18.4 Å². The molecule has 2 atom stereocenters. The highest BCUT2D eigenvalue weighted by Gasteiger charge is 2.14. The van der Waals surface area contributed by atoms with Crippen molar-refractivity contribution in [1.29, 1.82) is 0 Å². The van der Waals surface area contributed by atoms with Gasteiger partial charge in [0.05, 0.1) is 9.47 Å². The molecule has 0 aliphatic heterocycles. The molecule has 2 unspecified atom stereocenters. The van der Waals surface area contributed by atoms with Crippen molar-refractivity contribution in [1.82, 2.24) is 0 Å². The Morgan fingerprint density at radius 3 is 2.53 bits per heavy atom. The summed E-state index contributed by atoms with van der Waals surface area (Å²) < 4.78 is 9.81. The van der Waals surface area contributed by atoms with Gasteiger partial charge in [-0.25, -0.2) is 0 Å². The Bertz CT molecular complexity index is 356. The highest BCUT2D eigenvalue weighted by molar-refractivity contribution is 7.10. The van der Waals surface area contributed by atoms with Crippen molar-refractivity contribution in [3.05, 3.63) is 29.8 Å². The molecule has 4 N–H and O–H groups in total. The molecule has 0 radical (unpaired) electrons. The fourth-order valence-electron chi connectivity index (χ4n) is 1.32. The van der Waals surface area contributed by atoms with Gasteiger partial charge in [0.15, 0.2) is 0 Å². The minimum atomic E-state index is -0.650. The third-order valence-corrected chi connectivity index (χ3v) is 2.42. The molecule has 1 aromatic carbocycles. The van der Waals surface area contributed by atoms with Crippen LogP contribution in [0.15, 0.2) is 24.3 Å². The lowest BCUT2D eigenvalue weighted by Crippen LogP contribution is -2.32. The second-order valence-electron chi connectivity index (χ2n) is 3.53. The molecular weight excluding hydrogens is 239 g/mol. The zero-order chi connectivity index (χ0) is 12.7. The second-order valence-corrected chi connectivity index (χ2v) is 3.76. The first kappa shape index (κ1) is 13.9. The molecule has 0 fully saturated rings. The van der Waals surface area contributed by atoms with Crippen LogP contribution in [0.4, 0.5) is 0 Å². The molecule has 1 rings (SSSR count). The first-order chi connectivity index (χ1) is 8.17. The van der Waals surface area contributed by atoms with Crippen LogP contribution in [0.25, 0.3) is 0 Å². The maximum absolute atomic E-state index is 11.1. The number of nitrogens with two attached hydrogens (primary N) is 2. The molecule has 17 heavy (non-hydrogen) atoms. The van der Waals surface area contributed by atoms with Crippen LogP contribution in [-0.4, -0.2) is 25.2 Å². The summed E-state index contributed by atoms with van der Waals surface area (Å²) in [4.78, 5) is 11.1. The van der Waals surface area contributed by atoms with Crippen LogP contribution < -0.4 is 16.2 Å². The summed E-state index contributed by atoms with van der Waals surface area (Å²) in [5, 5.41) is 0. The molecule has 0 heterocycles. The van der Waals surface area contributed by atoms with Crippen LogP contribution in [0, 0.1) is 0 Å². The summed E-state index contributed by atoms with van der Waals surface area (Å²) in [5.74, 6) is 0.305. The molecule has 0 aliphatic rings. The van der Waals surface area contributed by atoms with Crippen LogP contribution >= 0.6 is 9.47 Å². The Morgan fingerprint density at radius 1 is 1.35 bits per heavy atom. The van der Waals surface area contributed by atoms with Crippen LogP contribution in [0.5, 0.6) is 5.75 Å². The van der Waals surface area contributed by atoms with Gasteiger partial charge in [0.2, 0.25) is 0 Å². The summed E-state index contributed by atoms with van der Waals surface area (Å²) in [6.45, 7) is 0.963. The van der Waals surface area contributed by atoms with Crippen molar-refractivity contribution >= 4 is 15.4 Å². The minimum Gasteiger partial charge on any atom is -0.492 e. The molecule has 0 aromatic heterocycles. The minimum absolute atomic E-state index is 0.435. The Morgan fingerprint density at radius 2 is 2.00 bits per heavy atom. The number of hydrogen-bond donors (Lipinski definition) is 2. The fraction of sp³-hybridized carbons (Fsp3) is 0.364. The smallest absolute Gasteiger partial charge is 0.325 e. The Balaban J connectivity index is 2.53. The maximum atomic E-state index is 11.1. The van der Waals surface area contributed by atoms with E-state index in [0.717, 1.165) is 11.3 Å². The Labute approximate surface area is 103 Å². The predicted molar refractivity (Wildman–Crippen MR) is 68.5 cm³/mol. The van der Waals surface area contributed by atoms with Gasteiger partial charge in [0, 0.05) is 6.54 Å². The third-order valence-electron chi connectivity index (χ3n) is 2.18. The van der Waals surface area contributed by atoms with E-state index in [1.807, 2.05) is 33.7 Å². The lowest BCUT2D eigenvalue weighted by Gasteiger charge is -2.10. The fourth-order valence-corrected chi connectivity index (χ4v) is 1.50. The van der Waals surface area contributed by atoms with Gasteiger partial charge in [-0.15, -0.1) is 0 Å². The molecule has 0 spiro atoms. The number of carbonyl (C=O) groups excluding carboxylic acids is 1. The van der Waals surface area contributed by atoms with Crippen molar-refractivity contribution < 1.29 is 14.1 Å². The zero-order valence-corrected chi connectivity index (χ0v) is 10.6. The topological polar surface area (TPSA) is 87.6 Å². The van der Waals surface area contributed by atoms with Gasteiger partial charge in [0.25, 0.3) is 0 Å². The summed E-state index contributed by atoms with van der Waals surface area (Å²) in [6.07, 6.45) is 0.435. The van der Waals surface area contributed by atoms with E-state index >= 15 is 0 Å². The molecule has 1 aromatic rings. The zero-order valence-electron chi connectivity index (χ0n) is 9.46. The quantitative estimate of drug-likeness (QED) is 0.711. The predicted octanol–water partition coefficient (Wildman–Crippen LogP) is 0.227. The molecule has 6 heteroatoms. The highest BCUT2D eigenvalue weighted by atomic mass is 31.0.